The molecule has 0 radical (unpaired) electrons. The highest BCUT2D eigenvalue weighted by Gasteiger charge is 2.16. The Morgan fingerprint density at radius 1 is 1.32 bits per heavy atom. The highest BCUT2D eigenvalue weighted by Crippen LogP contribution is 2.26. The molecule has 0 spiro atoms. The van der Waals surface area contributed by atoms with Crippen molar-refractivity contribution in [3.05, 3.63) is 53.2 Å². The van der Waals surface area contributed by atoms with Crippen LogP contribution in [0.5, 0.6) is 0 Å². The van der Waals surface area contributed by atoms with Crippen LogP contribution >= 0.6 is 0 Å². The van der Waals surface area contributed by atoms with Crippen LogP contribution in [0, 0.1) is 0 Å². The molecule has 4 nitrogen and oxygen atoms in total. The van der Waals surface area contributed by atoms with Crippen molar-refractivity contribution in [2.45, 2.75) is 32.2 Å². The number of aromatic nitrogens is 1. The summed E-state index contributed by atoms with van der Waals surface area (Å²) in [4.78, 5) is 16.0. The van der Waals surface area contributed by atoms with Crippen LogP contribution in [-0.2, 0) is 17.6 Å². The number of rotatable bonds is 3. The third-order valence-corrected chi connectivity index (χ3v) is 4.04. The van der Waals surface area contributed by atoms with Crippen molar-refractivity contribution < 1.29 is 9.53 Å². The minimum Gasteiger partial charge on any atom is -0.462 e. The molecule has 4 heteroatoms. The highest BCUT2D eigenvalue weighted by molar-refractivity contribution is 5.89. The summed E-state index contributed by atoms with van der Waals surface area (Å²) in [6.45, 7) is 2.16. The Morgan fingerprint density at radius 2 is 2.18 bits per heavy atom. The van der Waals surface area contributed by atoms with Crippen molar-refractivity contribution in [3.8, 4) is 11.3 Å². The molecule has 1 aliphatic rings. The van der Waals surface area contributed by atoms with Gasteiger partial charge >= 0.3 is 5.97 Å². The third kappa shape index (κ3) is 3.02. The van der Waals surface area contributed by atoms with E-state index in [4.69, 9.17) is 10.5 Å². The Kier molecular flexibility index (Phi) is 4.20. The topological polar surface area (TPSA) is 65.2 Å². The predicted molar refractivity (Wildman–Crippen MR) is 85.6 cm³/mol. The molecule has 0 amide bonds. The van der Waals surface area contributed by atoms with Crippen LogP contribution in [0.15, 0.2) is 36.5 Å². The van der Waals surface area contributed by atoms with Gasteiger partial charge in [0.05, 0.1) is 17.9 Å². The lowest BCUT2D eigenvalue weighted by atomic mass is 9.87. The number of ether oxygens (including phenoxy) is 1. The summed E-state index contributed by atoms with van der Waals surface area (Å²) in [5.41, 5.74) is 11.1. The zero-order valence-corrected chi connectivity index (χ0v) is 12.7. The largest absolute Gasteiger partial charge is 0.462 e. The van der Waals surface area contributed by atoms with Gasteiger partial charge in [-0.15, -0.1) is 0 Å². The van der Waals surface area contributed by atoms with Crippen molar-refractivity contribution in [2.75, 3.05) is 6.61 Å². The molecule has 1 atom stereocenters. The number of nitrogens with zero attached hydrogens (tertiary/aromatic N) is 1. The summed E-state index contributed by atoms with van der Waals surface area (Å²) >= 11 is 0. The average molecular weight is 296 g/mol. The predicted octanol–water partition coefficient (Wildman–Crippen LogP) is 2.74. The van der Waals surface area contributed by atoms with E-state index >= 15 is 0 Å². The van der Waals surface area contributed by atoms with Gasteiger partial charge in [0.25, 0.3) is 0 Å². The molecule has 2 aromatic rings. The summed E-state index contributed by atoms with van der Waals surface area (Å²) in [5, 5.41) is 0. The van der Waals surface area contributed by atoms with Crippen LogP contribution in [0.25, 0.3) is 11.3 Å². The fourth-order valence-corrected chi connectivity index (χ4v) is 2.84. The molecule has 0 aliphatic heterocycles. The molecule has 1 aromatic carbocycles. The molecule has 1 aliphatic carbocycles. The van der Waals surface area contributed by atoms with E-state index in [0.717, 1.165) is 30.5 Å². The van der Waals surface area contributed by atoms with Crippen LogP contribution in [0.1, 0.15) is 34.8 Å². The number of benzene rings is 1. The second kappa shape index (κ2) is 6.28. The van der Waals surface area contributed by atoms with Crippen molar-refractivity contribution in [3.63, 3.8) is 0 Å². The van der Waals surface area contributed by atoms with Gasteiger partial charge in [-0.05, 0) is 55.5 Å². The van der Waals surface area contributed by atoms with Gasteiger partial charge in [-0.2, -0.15) is 0 Å². The first-order valence-corrected chi connectivity index (χ1v) is 7.68. The second-order valence-corrected chi connectivity index (χ2v) is 5.64. The fraction of sp³-hybridized carbons (Fsp3) is 0.333. The zero-order chi connectivity index (χ0) is 15.5. The van der Waals surface area contributed by atoms with Crippen LogP contribution in [-0.4, -0.2) is 23.6 Å². The maximum absolute atomic E-state index is 11.6. The van der Waals surface area contributed by atoms with Gasteiger partial charge in [0.1, 0.15) is 0 Å². The van der Waals surface area contributed by atoms with Crippen molar-refractivity contribution in [1.82, 2.24) is 4.98 Å². The van der Waals surface area contributed by atoms with Gasteiger partial charge < -0.3 is 10.5 Å². The van der Waals surface area contributed by atoms with Crippen LogP contribution < -0.4 is 5.73 Å². The standard InChI is InChI=1S/C18H20N2O2/c1-2-22-18(21)14-6-8-17(20-11-14)13-4-3-12-5-7-16(19)10-15(12)9-13/h3-4,6,8-9,11,16H,2,5,7,10,19H2,1H3/t16-/m0/s1. The molecule has 22 heavy (non-hydrogen) atoms. The third-order valence-electron chi connectivity index (χ3n) is 4.04. The lowest BCUT2D eigenvalue weighted by Crippen LogP contribution is -2.27. The van der Waals surface area contributed by atoms with E-state index in [2.05, 4.69) is 23.2 Å². The number of nitrogens with two attached hydrogens (primary N) is 1. The lowest BCUT2D eigenvalue weighted by molar-refractivity contribution is 0.0526. The number of hydrogen-bond donors (Lipinski definition) is 1. The van der Waals surface area contributed by atoms with Gasteiger partial charge in [0.15, 0.2) is 0 Å². The summed E-state index contributed by atoms with van der Waals surface area (Å²) in [6, 6.07) is 10.3. The van der Waals surface area contributed by atoms with Crippen molar-refractivity contribution in [1.29, 1.82) is 0 Å². The van der Waals surface area contributed by atoms with Gasteiger partial charge in [0, 0.05) is 17.8 Å². The van der Waals surface area contributed by atoms with E-state index in [1.54, 1.807) is 19.2 Å². The van der Waals surface area contributed by atoms with Gasteiger partial charge in [0.2, 0.25) is 0 Å². The molecule has 0 bridgehead atoms. The van der Waals surface area contributed by atoms with Gasteiger partial charge in [-0.25, -0.2) is 4.79 Å². The Balaban J connectivity index is 1.85. The number of hydrogen-bond acceptors (Lipinski definition) is 4. The quantitative estimate of drug-likeness (QED) is 0.885. The van der Waals surface area contributed by atoms with Gasteiger partial charge in [-0.1, -0.05) is 12.1 Å². The van der Waals surface area contributed by atoms with E-state index in [-0.39, 0.29) is 12.0 Å². The maximum Gasteiger partial charge on any atom is 0.339 e. The Hall–Kier alpha value is -2.20. The number of fused-ring (bicyclic) bond motifs is 1. The molecule has 0 unspecified atom stereocenters. The van der Waals surface area contributed by atoms with E-state index in [1.807, 2.05) is 6.07 Å². The number of esters is 1. The Bertz CT molecular complexity index is 680. The van der Waals surface area contributed by atoms with E-state index in [0.29, 0.717) is 12.2 Å². The molecule has 2 N–H and O–H groups in total. The molecular formula is C18H20N2O2. The first-order valence-electron chi connectivity index (χ1n) is 7.68. The van der Waals surface area contributed by atoms with Crippen molar-refractivity contribution >= 4 is 5.97 Å². The smallest absolute Gasteiger partial charge is 0.339 e. The molecule has 114 valence electrons. The van der Waals surface area contributed by atoms with E-state index in [9.17, 15) is 4.79 Å². The van der Waals surface area contributed by atoms with E-state index in [1.165, 1.54) is 11.1 Å². The summed E-state index contributed by atoms with van der Waals surface area (Å²) in [5.74, 6) is -0.335. The molecular weight excluding hydrogens is 276 g/mol. The summed E-state index contributed by atoms with van der Waals surface area (Å²) < 4.78 is 4.97. The fourth-order valence-electron chi connectivity index (χ4n) is 2.84. The molecule has 1 aromatic heterocycles. The lowest BCUT2D eigenvalue weighted by Gasteiger charge is -2.21. The first-order chi connectivity index (χ1) is 10.7. The SMILES string of the molecule is CCOC(=O)c1ccc(-c2ccc3c(c2)C[C@@H](N)CC3)nc1. The minimum absolute atomic E-state index is 0.252. The second-order valence-electron chi connectivity index (χ2n) is 5.64. The summed E-state index contributed by atoms with van der Waals surface area (Å²) in [7, 11) is 0. The first kappa shape index (κ1) is 14.7. The Morgan fingerprint density at radius 3 is 2.91 bits per heavy atom. The van der Waals surface area contributed by atoms with Crippen LogP contribution in [0.4, 0.5) is 0 Å². The molecule has 3 rings (SSSR count). The van der Waals surface area contributed by atoms with E-state index < -0.39 is 0 Å². The number of carbonyl (C=O) groups is 1. The summed E-state index contributed by atoms with van der Waals surface area (Å²) in [6.07, 6.45) is 4.59. The van der Waals surface area contributed by atoms with Crippen LogP contribution in [0.3, 0.4) is 0 Å². The molecule has 0 fully saturated rings. The monoisotopic (exact) mass is 296 g/mol. The van der Waals surface area contributed by atoms with Crippen molar-refractivity contribution in [2.24, 2.45) is 5.73 Å². The number of carbonyl (C=O) groups excluding carboxylic acids is 1. The molecule has 1 heterocycles. The number of aryl methyl sites for hydroxylation is 1. The molecule has 0 saturated carbocycles. The zero-order valence-electron chi connectivity index (χ0n) is 12.7. The maximum atomic E-state index is 11.6. The molecule has 0 saturated heterocycles. The number of pyridine rings is 1. The average Bonchev–Trinajstić information content (AvgIpc) is 2.54. The normalized spacial score (nSPS) is 16.9. The van der Waals surface area contributed by atoms with Crippen LogP contribution in [0.2, 0.25) is 0 Å². The highest BCUT2D eigenvalue weighted by atomic mass is 16.5. The Labute approximate surface area is 130 Å². The minimum atomic E-state index is -0.335. The van der Waals surface area contributed by atoms with Gasteiger partial charge in [-0.3, -0.25) is 4.98 Å².